The zero-order valence-electron chi connectivity index (χ0n) is 20.4. The Morgan fingerprint density at radius 3 is 2.06 bits per heavy atom. The normalized spacial score (nSPS) is 16.2. The average Bonchev–Trinajstić information content (AvgIpc) is 3.33. The van der Waals surface area contributed by atoms with Crippen molar-refractivity contribution in [2.75, 3.05) is 19.6 Å². The van der Waals surface area contributed by atoms with Gasteiger partial charge in [-0.2, -0.15) is 0 Å². The van der Waals surface area contributed by atoms with Crippen LogP contribution >= 0.6 is 0 Å². The second-order valence-corrected chi connectivity index (χ2v) is 9.39. The fourth-order valence-electron chi connectivity index (χ4n) is 5.47. The lowest BCUT2D eigenvalue weighted by atomic mass is 9.64. The number of carbonyl (C=O) groups excluding carboxylic acids is 2. The third-order valence-electron chi connectivity index (χ3n) is 7.11. The smallest absolute Gasteiger partial charge is 0.308 e. The lowest BCUT2D eigenvalue weighted by molar-refractivity contribution is -0.132. The molecule has 2 N–H and O–H groups in total. The van der Waals surface area contributed by atoms with Crippen LogP contribution in [-0.2, 0) is 21.4 Å². The van der Waals surface area contributed by atoms with E-state index in [1.165, 1.54) is 12.5 Å². The number of nitrogens with zero attached hydrogens (tertiary/aromatic N) is 1. The lowest BCUT2D eigenvalue weighted by Crippen LogP contribution is -2.49. The summed E-state index contributed by atoms with van der Waals surface area (Å²) in [6.07, 6.45) is 4.08. The summed E-state index contributed by atoms with van der Waals surface area (Å²) in [6, 6.07) is 27.8. The van der Waals surface area contributed by atoms with Crippen molar-refractivity contribution in [2.24, 2.45) is 11.7 Å². The Morgan fingerprint density at radius 2 is 1.51 bits per heavy atom. The number of carbonyl (C=O) groups is 2. The number of hydrogen-bond donors (Lipinski definition) is 1. The number of rotatable bonds is 10. The molecule has 0 aliphatic carbocycles. The van der Waals surface area contributed by atoms with Gasteiger partial charge < -0.3 is 15.4 Å². The van der Waals surface area contributed by atoms with Gasteiger partial charge in [0.2, 0.25) is 5.91 Å². The Kier molecular flexibility index (Phi) is 7.98. The molecule has 1 aliphatic heterocycles. The van der Waals surface area contributed by atoms with Crippen LogP contribution in [0.1, 0.15) is 42.9 Å². The molecular formula is C30H34N2O3. The number of nitrogens with two attached hydrogens (primary N) is 1. The first kappa shape index (κ1) is 24.7. The van der Waals surface area contributed by atoms with E-state index in [0.29, 0.717) is 5.75 Å². The predicted octanol–water partition coefficient (Wildman–Crippen LogP) is 4.73. The largest absolute Gasteiger partial charge is 0.427 e. The topological polar surface area (TPSA) is 72.6 Å². The van der Waals surface area contributed by atoms with Crippen LogP contribution < -0.4 is 10.5 Å². The van der Waals surface area contributed by atoms with Crippen LogP contribution in [0.3, 0.4) is 0 Å². The third-order valence-corrected chi connectivity index (χ3v) is 7.11. The summed E-state index contributed by atoms with van der Waals surface area (Å²) in [5.74, 6) is 0.123. The van der Waals surface area contributed by atoms with Crippen molar-refractivity contribution in [1.29, 1.82) is 0 Å². The molecule has 0 bridgehead atoms. The zero-order valence-corrected chi connectivity index (χ0v) is 20.4. The average molecular weight is 471 g/mol. The van der Waals surface area contributed by atoms with Crippen LogP contribution in [-0.4, -0.2) is 36.4 Å². The quantitative estimate of drug-likeness (QED) is 0.264. The molecule has 4 rings (SSSR count). The van der Waals surface area contributed by atoms with E-state index in [0.717, 1.165) is 56.4 Å². The maximum Gasteiger partial charge on any atom is 0.308 e. The minimum absolute atomic E-state index is 0.124. The SMILES string of the molecule is CC(=O)Oc1ccc(CCCCN2CC[C@@H](C(C(N)=O)(c3ccccc3)c3ccccc3)C2)cc1. The number of unbranched alkanes of at least 4 members (excludes halogenated alkanes) is 1. The molecular weight excluding hydrogens is 436 g/mol. The predicted molar refractivity (Wildman–Crippen MR) is 138 cm³/mol. The monoisotopic (exact) mass is 470 g/mol. The Hall–Kier alpha value is -3.44. The van der Waals surface area contributed by atoms with E-state index < -0.39 is 5.41 Å². The van der Waals surface area contributed by atoms with Crippen LogP contribution in [0.15, 0.2) is 84.9 Å². The van der Waals surface area contributed by atoms with Crippen LogP contribution in [0.4, 0.5) is 0 Å². The second-order valence-electron chi connectivity index (χ2n) is 9.39. The number of esters is 1. The molecule has 35 heavy (non-hydrogen) atoms. The van der Waals surface area contributed by atoms with Gasteiger partial charge in [-0.3, -0.25) is 9.59 Å². The van der Waals surface area contributed by atoms with Gasteiger partial charge in [-0.05, 0) is 73.5 Å². The molecule has 3 aromatic carbocycles. The molecule has 3 aromatic rings. The van der Waals surface area contributed by atoms with E-state index in [2.05, 4.69) is 4.90 Å². The molecule has 0 spiro atoms. The first-order valence-electron chi connectivity index (χ1n) is 12.4. The van der Waals surface area contributed by atoms with Crippen molar-refractivity contribution >= 4 is 11.9 Å². The van der Waals surface area contributed by atoms with Crippen molar-refractivity contribution in [1.82, 2.24) is 4.90 Å². The van der Waals surface area contributed by atoms with Crippen LogP contribution in [0.5, 0.6) is 5.75 Å². The van der Waals surface area contributed by atoms with E-state index in [-0.39, 0.29) is 17.8 Å². The zero-order chi connectivity index (χ0) is 24.7. The molecule has 182 valence electrons. The molecule has 0 aromatic heterocycles. The molecule has 1 heterocycles. The minimum Gasteiger partial charge on any atom is -0.427 e. The molecule has 0 saturated carbocycles. The minimum atomic E-state index is -0.832. The highest BCUT2D eigenvalue weighted by molar-refractivity contribution is 5.91. The Bertz CT molecular complexity index is 1070. The highest BCUT2D eigenvalue weighted by Gasteiger charge is 2.49. The first-order chi connectivity index (χ1) is 17.0. The fourth-order valence-corrected chi connectivity index (χ4v) is 5.47. The molecule has 5 nitrogen and oxygen atoms in total. The molecule has 5 heteroatoms. The van der Waals surface area contributed by atoms with Gasteiger partial charge in [0.25, 0.3) is 0 Å². The van der Waals surface area contributed by atoms with Gasteiger partial charge in [-0.1, -0.05) is 72.8 Å². The maximum atomic E-state index is 13.2. The number of amides is 1. The van der Waals surface area contributed by atoms with Gasteiger partial charge in [0.15, 0.2) is 0 Å². The molecule has 1 fully saturated rings. The molecule has 0 unspecified atom stereocenters. The molecule has 1 atom stereocenters. The summed E-state index contributed by atoms with van der Waals surface area (Å²) in [5, 5.41) is 0. The van der Waals surface area contributed by atoms with Gasteiger partial charge in [-0.15, -0.1) is 0 Å². The molecule has 1 amide bonds. The van der Waals surface area contributed by atoms with Crippen LogP contribution in [0.2, 0.25) is 0 Å². The van der Waals surface area contributed by atoms with E-state index in [1.807, 2.05) is 84.9 Å². The second kappa shape index (κ2) is 11.3. The first-order valence-corrected chi connectivity index (χ1v) is 12.4. The Balaban J connectivity index is 1.39. The number of aryl methyl sites for hydroxylation is 1. The molecule has 1 saturated heterocycles. The van der Waals surface area contributed by atoms with Crippen molar-refractivity contribution in [2.45, 2.75) is 38.0 Å². The Labute approximate surface area is 207 Å². The van der Waals surface area contributed by atoms with Gasteiger partial charge >= 0.3 is 5.97 Å². The molecule has 0 radical (unpaired) electrons. The van der Waals surface area contributed by atoms with Crippen molar-refractivity contribution in [3.05, 3.63) is 102 Å². The standard InChI is InChI=1S/C30H34N2O3/c1-23(33)35-28-17-15-24(16-18-28)10-8-9-20-32-21-19-27(22-32)30(29(31)34,25-11-4-2-5-12-25)26-13-6-3-7-14-26/h2-7,11-18,27H,8-10,19-22H2,1H3,(H2,31,34)/t27-/m1/s1. The van der Waals surface area contributed by atoms with Gasteiger partial charge in [0.1, 0.15) is 11.2 Å². The van der Waals surface area contributed by atoms with Crippen LogP contribution in [0, 0.1) is 5.92 Å². The van der Waals surface area contributed by atoms with Crippen LogP contribution in [0.25, 0.3) is 0 Å². The van der Waals surface area contributed by atoms with Gasteiger partial charge in [0, 0.05) is 13.5 Å². The van der Waals surface area contributed by atoms with E-state index >= 15 is 0 Å². The van der Waals surface area contributed by atoms with E-state index in [4.69, 9.17) is 10.5 Å². The van der Waals surface area contributed by atoms with Crippen molar-refractivity contribution in [3.63, 3.8) is 0 Å². The van der Waals surface area contributed by atoms with Gasteiger partial charge in [0.05, 0.1) is 0 Å². The number of primary amides is 1. The summed E-state index contributed by atoms with van der Waals surface area (Å²) in [5.41, 5.74) is 8.55. The van der Waals surface area contributed by atoms with Gasteiger partial charge in [-0.25, -0.2) is 0 Å². The number of benzene rings is 3. The highest BCUT2D eigenvalue weighted by atomic mass is 16.5. The summed E-state index contributed by atoms with van der Waals surface area (Å²) in [7, 11) is 0. The number of ether oxygens (including phenoxy) is 1. The number of hydrogen-bond acceptors (Lipinski definition) is 4. The van der Waals surface area contributed by atoms with E-state index in [1.54, 1.807) is 0 Å². The van der Waals surface area contributed by atoms with Crippen molar-refractivity contribution < 1.29 is 14.3 Å². The Morgan fingerprint density at radius 1 is 0.914 bits per heavy atom. The number of likely N-dealkylation sites (tertiary alicyclic amines) is 1. The third kappa shape index (κ3) is 5.63. The summed E-state index contributed by atoms with van der Waals surface area (Å²) in [6.45, 7) is 4.23. The highest BCUT2D eigenvalue weighted by Crippen LogP contribution is 2.43. The fraction of sp³-hybridized carbons (Fsp3) is 0.333. The molecule has 1 aliphatic rings. The summed E-state index contributed by atoms with van der Waals surface area (Å²) in [4.78, 5) is 26.7. The summed E-state index contributed by atoms with van der Waals surface area (Å²) >= 11 is 0. The lowest BCUT2D eigenvalue weighted by Gasteiger charge is -2.37. The van der Waals surface area contributed by atoms with Crippen molar-refractivity contribution in [3.8, 4) is 5.75 Å². The maximum absolute atomic E-state index is 13.2. The summed E-state index contributed by atoms with van der Waals surface area (Å²) < 4.78 is 5.10. The van der Waals surface area contributed by atoms with E-state index in [9.17, 15) is 9.59 Å².